The molecule has 0 unspecified atom stereocenters. The molecule has 0 saturated carbocycles. The molecule has 0 aliphatic heterocycles. The predicted octanol–water partition coefficient (Wildman–Crippen LogP) is 3.55. The van der Waals surface area contributed by atoms with Gasteiger partial charge in [-0.25, -0.2) is 4.79 Å². The number of hydrogen-bond donors (Lipinski definition) is 1. The Labute approximate surface area is 163 Å². The molecule has 1 amide bonds. The third-order valence-electron chi connectivity index (χ3n) is 4.16. The van der Waals surface area contributed by atoms with Gasteiger partial charge >= 0.3 is 5.97 Å². The normalized spacial score (nSPS) is 11.5. The highest BCUT2D eigenvalue weighted by Gasteiger charge is 2.29. The van der Waals surface area contributed by atoms with E-state index in [9.17, 15) is 9.59 Å². The molecular weight excluding hydrogens is 358 g/mol. The van der Waals surface area contributed by atoms with Crippen molar-refractivity contribution >= 4 is 11.9 Å². The van der Waals surface area contributed by atoms with Gasteiger partial charge in [-0.05, 0) is 30.2 Å². The third kappa shape index (κ3) is 4.79. The molecule has 0 aliphatic carbocycles. The minimum atomic E-state index is -1.16. The SMILES string of the molecule is COc1ccccc1[C@H](OC(=O)c1ccco1)C(=O)NCCc1ccccc1. The summed E-state index contributed by atoms with van der Waals surface area (Å²) in [7, 11) is 1.50. The summed E-state index contributed by atoms with van der Waals surface area (Å²) in [6.07, 6.45) is 0.871. The maximum Gasteiger partial charge on any atom is 0.375 e. The zero-order chi connectivity index (χ0) is 19.8. The molecule has 0 fully saturated rings. The van der Waals surface area contributed by atoms with Gasteiger partial charge in [-0.1, -0.05) is 48.5 Å². The lowest BCUT2D eigenvalue weighted by molar-refractivity contribution is -0.130. The van der Waals surface area contributed by atoms with Crippen molar-refractivity contribution in [1.29, 1.82) is 0 Å². The second-order valence-electron chi connectivity index (χ2n) is 6.03. The average molecular weight is 379 g/mol. The van der Waals surface area contributed by atoms with Crippen LogP contribution in [-0.4, -0.2) is 25.5 Å². The number of nitrogens with one attached hydrogen (secondary N) is 1. The largest absolute Gasteiger partial charge is 0.496 e. The van der Waals surface area contributed by atoms with Crippen LogP contribution in [0.3, 0.4) is 0 Å². The number of furan rings is 1. The van der Waals surface area contributed by atoms with Crippen molar-refractivity contribution in [3.05, 3.63) is 89.9 Å². The molecule has 3 rings (SSSR count). The molecular formula is C22H21NO5. The van der Waals surface area contributed by atoms with Gasteiger partial charge in [0.15, 0.2) is 0 Å². The van der Waals surface area contributed by atoms with Crippen molar-refractivity contribution in [2.24, 2.45) is 0 Å². The summed E-state index contributed by atoms with van der Waals surface area (Å²) >= 11 is 0. The Bertz CT molecular complexity index is 906. The quantitative estimate of drug-likeness (QED) is 0.606. The van der Waals surface area contributed by atoms with Crippen molar-refractivity contribution < 1.29 is 23.5 Å². The first-order valence-electron chi connectivity index (χ1n) is 8.88. The van der Waals surface area contributed by atoms with E-state index >= 15 is 0 Å². The Morgan fingerprint density at radius 1 is 1.00 bits per heavy atom. The first kappa shape index (κ1) is 19.2. The third-order valence-corrected chi connectivity index (χ3v) is 4.16. The molecule has 0 radical (unpaired) electrons. The highest BCUT2D eigenvalue weighted by atomic mass is 16.6. The first-order chi connectivity index (χ1) is 13.7. The number of methoxy groups -OCH3 is 1. The second-order valence-corrected chi connectivity index (χ2v) is 6.03. The smallest absolute Gasteiger partial charge is 0.375 e. The number of ether oxygens (including phenoxy) is 2. The van der Waals surface area contributed by atoms with Crippen LogP contribution in [0.25, 0.3) is 0 Å². The van der Waals surface area contributed by atoms with Gasteiger partial charge in [0.25, 0.3) is 5.91 Å². The predicted molar refractivity (Wildman–Crippen MR) is 103 cm³/mol. The minimum absolute atomic E-state index is 0.0250. The number of carbonyl (C=O) groups excluding carboxylic acids is 2. The summed E-state index contributed by atoms with van der Waals surface area (Å²) < 4.78 is 15.9. The summed E-state index contributed by atoms with van der Waals surface area (Å²) in [5.41, 5.74) is 1.56. The highest BCUT2D eigenvalue weighted by molar-refractivity contribution is 5.91. The van der Waals surface area contributed by atoms with Crippen LogP contribution >= 0.6 is 0 Å². The molecule has 28 heavy (non-hydrogen) atoms. The number of benzene rings is 2. The number of esters is 1. The lowest BCUT2D eigenvalue weighted by Gasteiger charge is -2.19. The monoisotopic (exact) mass is 379 g/mol. The van der Waals surface area contributed by atoms with Crippen molar-refractivity contribution in [1.82, 2.24) is 5.32 Å². The van der Waals surface area contributed by atoms with Crippen LogP contribution in [0.5, 0.6) is 5.75 Å². The van der Waals surface area contributed by atoms with Crippen LogP contribution in [-0.2, 0) is 16.0 Å². The molecule has 6 heteroatoms. The molecule has 0 aliphatic rings. The molecule has 1 aromatic heterocycles. The molecule has 144 valence electrons. The molecule has 3 aromatic rings. The average Bonchev–Trinajstić information content (AvgIpc) is 3.27. The minimum Gasteiger partial charge on any atom is -0.496 e. The van der Waals surface area contributed by atoms with Crippen LogP contribution in [0.15, 0.2) is 77.4 Å². The molecule has 1 N–H and O–H groups in total. The van der Waals surface area contributed by atoms with E-state index in [0.29, 0.717) is 24.3 Å². The van der Waals surface area contributed by atoms with E-state index in [1.165, 1.54) is 19.4 Å². The Balaban J connectivity index is 1.75. The van der Waals surface area contributed by atoms with Gasteiger partial charge < -0.3 is 19.2 Å². The van der Waals surface area contributed by atoms with Gasteiger partial charge in [-0.3, -0.25) is 4.79 Å². The molecule has 0 bridgehead atoms. The fraction of sp³-hybridized carbons (Fsp3) is 0.182. The standard InChI is InChI=1S/C22H21NO5/c1-26-18-11-6-5-10-17(18)20(28-22(25)19-12-7-15-27-19)21(24)23-14-13-16-8-3-2-4-9-16/h2-12,15,20H,13-14H2,1H3,(H,23,24)/t20-/m0/s1. The van der Waals surface area contributed by atoms with Crippen LogP contribution in [0.1, 0.15) is 27.8 Å². The lowest BCUT2D eigenvalue weighted by Crippen LogP contribution is -2.33. The van der Waals surface area contributed by atoms with E-state index in [2.05, 4.69) is 5.32 Å². The summed E-state index contributed by atoms with van der Waals surface area (Å²) in [5.74, 6) is -0.672. The van der Waals surface area contributed by atoms with Gasteiger partial charge in [-0.2, -0.15) is 0 Å². The van der Waals surface area contributed by atoms with Gasteiger partial charge in [0, 0.05) is 12.1 Å². The maximum atomic E-state index is 12.8. The Hall–Kier alpha value is -3.54. The van der Waals surface area contributed by atoms with Crippen molar-refractivity contribution in [3.8, 4) is 5.75 Å². The van der Waals surface area contributed by atoms with Crippen LogP contribution < -0.4 is 10.1 Å². The van der Waals surface area contributed by atoms with E-state index in [1.54, 1.807) is 30.3 Å². The summed E-state index contributed by atoms with van der Waals surface area (Å²) in [5, 5.41) is 2.83. The second kappa shape index (κ2) is 9.41. The molecule has 1 heterocycles. The van der Waals surface area contributed by atoms with Crippen LogP contribution in [0.4, 0.5) is 0 Å². The molecule has 0 saturated heterocycles. The molecule has 1 atom stereocenters. The topological polar surface area (TPSA) is 77.8 Å². The summed E-state index contributed by atoms with van der Waals surface area (Å²) in [4.78, 5) is 25.2. The summed E-state index contributed by atoms with van der Waals surface area (Å²) in [6.45, 7) is 0.410. The van der Waals surface area contributed by atoms with E-state index in [4.69, 9.17) is 13.9 Å². The van der Waals surface area contributed by atoms with Crippen molar-refractivity contribution in [2.45, 2.75) is 12.5 Å². The van der Waals surface area contributed by atoms with Crippen LogP contribution in [0, 0.1) is 0 Å². The van der Waals surface area contributed by atoms with E-state index in [-0.39, 0.29) is 5.76 Å². The van der Waals surface area contributed by atoms with Gasteiger partial charge in [-0.15, -0.1) is 0 Å². The van der Waals surface area contributed by atoms with Crippen molar-refractivity contribution in [3.63, 3.8) is 0 Å². The number of carbonyl (C=O) groups is 2. The van der Waals surface area contributed by atoms with E-state index in [1.807, 2.05) is 30.3 Å². The fourth-order valence-corrected chi connectivity index (χ4v) is 2.77. The maximum absolute atomic E-state index is 12.8. The van der Waals surface area contributed by atoms with Gasteiger partial charge in [0.05, 0.1) is 13.4 Å². The Morgan fingerprint density at radius 3 is 2.46 bits per heavy atom. The zero-order valence-corrected chi connectivity index (χ0v) is 15.5. The van der Waals surface area contributed by atoms with Crippen LogP contribution in [0.2, 0.25) is 0 Å². The lowest BCUT2D eigenvalue weighted by atomic mass is 10.1. The first-order valence-corrected chi connectivity index (χ1v) is 8.88. The summed E-state index contributed by atoms with van der Waals surface area (Å²) in [6, 6.07) is 19.8. The molecule has 0 spiro atoms. The number of hydrogen-bond acceptors (Lipinski definition) is 5. The number of para-hydroxylation sites is 1. The Morgan fingerprint density at radius 2 is 1.75 bits per heavy atom. The fourth-order valence-electron chi connectivity index (χ4n) is 2.77. The van der Waals surface area contributed by atoms with Gasteiger partial charge in [0.2, 0.25) is 11.9 Å². The zero-order valence-electron chi connectivity index (χ0n) is 15.5. The van der Waals surface area contributed by atoms with Gasteiger partial charge in [0.1, 0.15) is 5.75 Å². The van der Waals surface area contributed by atoms with Crippen molar-refractivity contribution in [2.75, 3.05) is 13.7 Å². The number of amides is 1. The Kier molecular flexibility index (Phi) is 6.46. The van der Waals surface area contributed by atoms with E-state index in [0.717, 1.165) is 5.56 Å². The molecule has 6 nitrogen and oxygen atoms in total. The number of rotatable bonds is 8. The highest BCUT2D eigenvalue weighted by Crippen LogP contribution is 2.28. The molecule has 2 aromatic carbocycles. The van der Waals surface area contributed by atoms with E-state index < -0.39 is 18.0 Å².